The van der Waals surface area contributed by atoms with Crippen molar-refractivity contribution in [1.82, 2.24) is 4.98 Å². The molecule has 0 saturated carbocycles. The molecule has 2 heterocycles. The second kappa shape index (κ2) is 9.34. The number of allylic oxidation sites excluding steroid dienone is 5. The fourth-order valence-electron chi connectivity index (χ4n) is 5.63. The summed E-state index contributed by atoms with van der Waals surface area (Å²) in [5, 5.41) is 4.71. The number of rotatable bonds is 5. The smallest absolute Gasteiger partial charge is 0.143 e. The van der Waals surface area contributed by atoms with Crippen molar-refractivity contribution in [2.75, 3.05) is 0 Å². The molecule has 0 aliphatic rings. The lowest BCUT2D eigenvalue weighted by molar-refractivity contribution is 0.670. The van der Waals surface area contributed by atoms with Crippen LogP contribution in [-0.4, -0.2) is 4.98 Å². The standard InChI is InChI=1S/C37H27NO/c1-3-5-10-24(4-2)25-11-8-12-26(21-25)27-17-19-34-32(22-27)33-23-28(18-20-35(33)38-34)29-14-9-15-31-30-13-6-7-16-36(30)39-37(29)31/h3-23,38H,1H2,2H3/b10-5-,24-4+. The number of aromatic amines is 1. The minimum absolute atomic E-state index is 0.918. The fourth-order valence-corrected chi connectivity index (χ4v) is 5.63. The van der Waals surface area contributed by atoms with Crippen LogP contribution in [0.1, 0.15) is 12.5 Å². The quantitative estimate of drug-likeness (QED) is 0.233. The topological polar surface area (TPSA) is 28.9 Å². The van der Waals surface area contributed by atoms with Crippen molar-refractivity contribution < 1.29 is 4.42 Å². The third kappa shape index (κ3) is 3.89. The molecule has 0 atom stereocenters. The second-order valence-electron chi connectivity index (χ2n) is 9.85. The number of aromatic nitrogens is 1. The van der Waals surface area contributed by atoms with Crippen LogP contribution in [0.3, 0.4) is 0 Å². The Bertz CT molecular complexity index is 2100. The van der Waals surface area contributed by atoms with Crippen LogP contribution in [0.2, 0.25) is 0 Å². The molecular weight excluding hydrogens is 474 g/mol. The van der Waals surface area contributed by atoms with Crippen LogP contribution in [0, 0.1) is 0 Å². The normalized spacial score (nSPS) is 12.4. The Morgan fingerprint density at radius 3 is 2.23 bits per heavy atom. The van der Waals surface area contributed by atoms with Gasteiger partial charge in [0.25, 0.3) is 0 Å². The van der Waals surface area contributed by atoms with E-state index in [2.05, 4.69) is 122 Å². The largest absolute Gasteiger partial charge is 0.455 e. The Kier molecular flexibility index (Phi) is 5.53. The predicted molar refractivity (Wildman–Crippen MR) is 167 cm³/mol. The van der Waals surface area contributed by atoms with E-state index in [0.717, 1.165) is 44.1 Å². The van der Waals surface area contributed by atoms with Crippen molar-refractivity contribution in [3.63, 3.8) is 0 Å². The first kappa shape index (κ1) is 23.1. The summed E-state index contributed by atoms with van der Waals surface area (Å²) in [6.45, 7) is 5.87. The molecule has 2 heteroatoms. The van der Waals surface area contributed by atoms with Crippen molar-refractivity contribution in [1.29, 1.82) is 0 Å². The Hall–Kier alpha value is -5.08. The molecule has 0 aliphatic carbocycles. The van der Waals surface area contributed by atoms with Gasteiger partial charge in [0.1, 0.15) is 11.2 Å². The molecule has 7 rings (SSSR count). The first-order valence-electron chi connectivity index (χ1n) is 13.3. The molecule has 0 fully saturated rings. The zero-order valence-electron chi connectivity index (χ0n) is 21.7. The summed E-state index contributed by atoms with van der Waals surface area (Å²) < 4.78 is 6.34. The van der Waals surface area contributed by atoms with Gasteiger partial charge in [-0.2, -0.15) is 0 Å². The molecule has 0 aliphatic heterocycles. The summed E-state index contributed by atoms with van der Waals surface area (Å²) >= 11 is 0. The maximum atomic E-state index is 6.34. The Balaban J connectivity index is 1.36. The SMILES string of the molecule is C=C/C=C\C(=C/C)c1cccc(-c2ccc3[nH]c4ccc(-c5cccc6c5oc5ccccc56)cc4c3c2)c1. The first-order valence-corrected chi connectivity index (χ1v) is 13.3. The minimum Gasteiger partial charge on any atom is -0.455 e. The molecule has 0 amide bonds. The van der Waals surface area contributed by atoms with Crippen LogP contribution >= 0.6 is 0 Å². The predicted octanol–water partition coefficient (Wildman–Crippen LogP) is 10.7. The van der Waals surface area contributed by atoms with E-state index in [-0.39, 0.29) is 0 Å². The number of nitrogens with one attached hydrogen (secondary N) is 1. The lowest BCUT2D eigenvalue weighted by Crippen LogP contribution is -1.84. The summed E-state index contributed by atoms with van der Waals surface area (Å²) in [6, 6.07) is 36.7. The minimum atomic E-state index is 0.918. The molecule has 186 valence electrons. The summed E-state index contributed by atoms with van der Waals surface area (Å²) in [5.74, 6) is 0. The zero-order chi connectivity index (χ0) is 26.3. The molecule has 0 bridgehead atoms. The molecule has 7 aromatic rings. The van der Waals surface area contributed by atoms with E-state index in [4.69, 9.17) is 4.42 Å². The average Bonchev–Trinajstić information content (AvgIpc) is 3.55. The van der Waals surface area contributed by atoms with Gasteiger partial charge in [-0.25, -0.2) is 0 Å². The number of para-hydroxylation sites is 2. The third-order valence-electron chi connectivity index (χ3n) is 7.57. The molecule has 39 heavy (non-hydrogen) atoms. The van der Waals surface area contributed by atoms with Crippen molar-refractivity contribution in [3.05, 3.63) is 140 Å². The number of fused-ring (bicyclic) bond motifs is 6. The van der Waals surface area contributed by atoms with E-state index in [1.54, 1.807) is 6.08 Å². The highest BCUT2D eigenvalue weighted by molar-refractivity contribution is 6.12. The van der Waals surface area contributed by atoms with E-state index in [1.165, 1.54) is 33.0 Å². The molecule has 2 nitrogen and oxygen atoms in total. The van der Waals surface area contributed by atoms with Crippen LogP contribution in [0.25, 0.3) is 71.6 Å². The lowest BCUT2D eigenvalue weighted by Gasteiger charge is -2.07. The molecule has 1 N–H and O–H groups in total. The number of hydrogen-bond acceptors (Lipinski definition) is 1. The van der Waals surface area contributed by atoms with E-state index in [0.29, 0.717) is 0 Å². The van der Waals surface area contributed by atoms with Crippen LogP contribution in [0.5, 0.6) is 0 Å². The maximum Gasteiger partial charge on any atom is 0.143 e. The van der Waals surface area contributed by atoms with E-state index in [9.17, 15) is 0 Å². The zero-order valence-corrected chi connectivity index (χ0v) is 21.7. The molecule has 0 spiro atoms. The molecule has 0 saturated heterocycles. The lowest BCUT2D eigenvalue weighted by atomic mass is 9.97. The van der Waals surface area contributed by atoms with Gasteiger partial charge in [0.15, 0.2) is 0 Å². The average molecular weight is 502 g/mol. The van der Waals surface area contributed by atoms with Gasteiger partial charge in [-0.05, 0) is 71.1 Å². The Morgan fingerprint density at radius 2 is 1.41 bits per heavy atom. The Labute approximate surface area is 227 Å². The van der Waals surface area contributed by atoms with Crippen molar-refractivity contribution in [2.45, 2.75) is 6.92 Å². The van der Waals surface area contributed by atoms with Gasteiger partial charge in [0, 0.05) is 38.1 Å². The fraction of sp³-hybridized carbons (Fsp3) is 0.0270. The van der Waals surface area contributed by atoms with Crippen molar-refractivity contribution in [3.8, 4) is 22.3 Å². The van der Waals surface area contributed by atoms with Gasteiger partial charge in [-0.3, -0.25) is 0 Å². The monoisotopic (exact) mass is 501 g/mol. The number of H-pyrrole nitrogens is 1. The van der Waals surface area contributed by atoms with Gasteiger partial charge >= 0.3 is 0 Å². The van der Waals surface area contributed by atoms with Gasteiger partial charge in [0.2, 0.25) is 0 Å². The maximum absolute atomic E-state index is 6.34. The molecular formula is C37H27NO. The van der Waals surface area contributed by atoms with Gasteiger partial charge in [-0.1, -0.05) is 97.6 Å². The summed E-state index contributed by atoms with van der Waals surface area (Å²) in [6.07, 6.45) is 8.01. The summed E-state index contributed by atoms with van der Waals surface area (Å²) in [4.78, 5) is 3.60. The highest BCUT2D eigenvalue weighted by Gasteiger charge is 2.14. The van der Waals surface area contributed by atoms with Crippen LogP contribution < -0.4 is 0 Å². The van der Waals surface area contributed by atoms with E-state index in [1.807, 2.05) is 18.2 Å². The van der Waals surface area contributed by atoms with Crippen LogP contribution in [0.15, 0.2) is 138 Å². The van der Waals surface area contributed by atoms with Crippen LogP contribution in [-0.2, 0) is 0 Å². The van der Waals surface area contributed by atoms with Gasteiger partial charge in [0.05, 0.1) is 0 Å². The highest BCUT2D eigenvalue weighted by Crippen LogP contribution is 2.38. The molecule has 0 radical (unpaired) electrons. The molecule has 2 aromatic heterocycles. The number of benzene rings is 5. The van der Waals surface area contributed by atoms with Crippen LogP contribution in [0.4, 0.5) is 0 Å². The summed E-state index contributed by atoms with van der Waals surface area (Å²) in [5.41, 5.74) is 11.1. The Morgan fingerprint density at radius 1 is 0.692 bits per heavy atom. The molecule has 0 unspecified atom stereocenters. The van der Waals surface area contributed by atoms with Gasteiger partial charge < -0.3 is 9.40 Å². The highest BCUT2D eigenvalue weighted by atomic mass is 16.3. The number of hydrogen-bond donors (Lipinski definition) is 1. The first-order chi connectivity index (χ1) is 19.2. The third-order valence-corrected chi connectivity index (χ3v) is 7.57. The summed E-state index contributed by atoms with van der Waals surface area (Å²) in [7, 11) is 0. The molecule has 5 aromatic carbocycles. The van der Waals surface area contributed by atoms with E-state index >= 15 is 0 Å². The van der Waals surface area contributed by atoms with E-state index < -0.39 is 0 Å². The van der Waals surface area contributed by atoms with Gasteiger partial charge in [-0.15, -0.1) is 0 Å². The van der Waals surface area contributed by atoms with Crippen molar-refractivity contribution >= 4 is 49.3 Å². The van der Waals surface area contributed by atoms with Crippen molar-refractivity contribution in [2.24, 2.45) is 0 Å². The second-order valence-corrected chi connectivity index (χ2v) is 9.85. The number of furan rings is 1.